The van der Waals surface area contributed by atoms with E-state index in [2.05, 4.69) is 11.8 Å². The van der Waals surface area contributed by atoms with Gasteiger partial charge in [0.1, 0.15) is 11.5 Å². The molecule has 1 aliphatic heterocycles. The minimum Gasteiger partial charge on any atom is -0.457 e. The van der Waals surface area contributed by atoms with Crippen LogP contribution in [0, 0.1) is 5.92 Å². The molecule has 2 aromatic rings. The van der Waals surface area contributed by atoms with E-state index in [4.69, 9.17) is 4.74 Å². The molecule has 1 saturated carbocycles. The normalized spacial score (nSPS) is 26.2. The predicted molar refractivity (Wildman–Crippen MR) is 103 cm³/mol. The number of hydrogen-bond acceptors (Lipinski definition) is 3. The van der Waals surface area contributed by atoms with Gasteiger partial charge >= 0.3 is 0 Å². The topological polar surface area (TPSA) is 29.5 Å². The standard InChI is InChI=1S/C21H23NO2S/c1-16-11-13-21(14-12-16)22(20(23)15-25-21)17-7-9-19(10-8-17)24-18-5-3-2-4-6-18/h2-10,16H,11-15H2,1H3. The van der Waals surface area contributed by atoms with E-state index < -0.39 is 0 Å². The average molecular weight is 353 g/mol. The Labute approximate surface area is 153 Å². The van der Waals surface area contributed by atoms with Gasteiger partial charge in [-0.2, -0.15) is 0 Å². The van der Waals surface area contributed by atoms with Crippen molar-refractivity contribution in [2.24, 2.45) is 5.92 Å². The zero-order valence-electron chi connectivity index (χ0n) is 14.5. The van der Waals surface area contributed by atoms with Crippen molar-refractivity contribution in [3.05, 3.63) is 54.6 Å². The fraction of sp³-hybridized carbons (Fsp3) is 0.381. The van der Waals surface area contributed by atoms with Crippen molar-refractivity contribution in [1.29, 1.82) is 0 Å². The van der Waals surface area contributed by atoms with Crippen LogP contribution in [-0.4, -0.2) is 16.5 Å². The molecular formula is C21H23NO2S. The summed E-state index contributed by atoms with van der Waals surface area (Å²) in [6.07, 6.45) is 4.58. The van der Waals surface area contributed by atoms with Crippen LogP contribution in [0.4, 0.5) is 5.69 Å². The first-order valence-corrected chi connectivity index (χ1v) is 9.95. The Morgan fingerprint density at radius 2 is 1.64 bits per heavy atom. The summed E-state index contributed by atoms with van der Waals surface area (Å²) in [5.41, 5.74) is 0.991. The molecule has 130 valence electrons. The zero-order valence-corrected chi connectivity index (χ0v) is 15.3. The molecule has 1 aliphatic carbocycles. The highest BCUT2D eigenvalue weighted by molar-refractivity contribution is 8.02. The SMILES string of the molecule is CC1CCC2(CC1)SCC(=O)N2c1ccc(Oc2ccccc2)cc1. The monoisotopic (exact) mass is 353 g/mol. The molecule has 1 spiro atoms. The Morgan fingerprint density at radius 1 is 1.00 bits per heavy atom. The fourth-order valence-corrected chi connectivity index (χ4v) is 5.18. The molecule has 2 aromatic carbocycles. The Balaban J connectivity index is 1.55. The molecule has 2 aliphatic rings. The third kappa shape index (κ3) is 3.28. The van der Waals surface area contributed by atoms with Crippen molar-refractivity contribution in [2.75, 3.05) is 10.7 Å². The van der Waals surface area contributed by atoms with E-state index in [0.29, 0.717) is 5.75 Å². The highest BCUT2D eigenvalue weighted by Crippen LogP contribution is 2.50. The van der Waals surface area contributed by atoms with Crippen LogP contribution in [0.15, 0.2) is 54.6 Å². The number of para-hydroxylation sites is 1. The van der Waals surface area contributed by atoms with E-state index >= 15 is 0 Å². The van der Waals surface area contributed by atoms with Crippen LogP contribution in [0.3, 0.4) is 0 Å². The number of amides is 1. The second kappa shape index (κ2) is 6.75. The lowest BCUT2D eigenvalue weighted by Crippen LogP contribution is -2.46. The van der Waals surface area contributed by atoms with Gasteiger partial charge in [0.15, 0.2) is 0 Å². The van der Waals surface area contributed by atoms with Crippen LogP contribution >= 0.6 is 11.8 Å². The Kier molecular flexibility index (Phi) is 4.46. The van der Waals surface area contributed by atoms with E-state index in [1.54, 1.807) is 0 Å². The van der Waals surface area contributed by atoms with E-state index in [1.165, 1.54) is 12.8 Å². The van der Waals surface area contributed by atoms with E-state index in [1.807, 2.05) is 66.4 Å². The molecule has 2 fully saturated rings. The van der Waals surface area contributed by atoms with Gasteiger partial charge in [-0.25, -0.2) is 0 Å². The summed E-state index contributed by atoms with van der Waals surface area (Å²) in [6, 6.07) is 17.7. The number of nitrogens with zero attached hydrogens (tertiary/aromatic N) is 1. The molecule has 1 heterocycles. The van der Waals surface area contributed by atoms with E-state index in [-0.39, 0.29) is 10.8 Å². The largest absolute Gasteiger partial charge is 0.457 e. The molecule has 0 aromatic heterocycles. The van der Waals surface area contributed by atoms with Crippen LogP contribution in [0.2, 0.25) is 0 Å². The van der Waals surface area contributed by atoms with Crippen LogP contribution in [-0.2, 0) is 4.79 Å². The number of carbonyl (C=O) groups excluding carboxylic acids is 1. The minimum absolute atomic E-state index is 0.0363. The number of ether oxygens (including phenoxy) is 1. The molecule has 0 N–H and O–H groups in total. The number of hydrogen-bond donors (Lipinski definition) is 0. The molecule has 1 amide bonds. The van der Waals surface area contributed by atoms with Gasteiger partial charge in [-0.05, 0) is 68.0 Å². The zero-order chi connectivity index (χ0) is 17.3. The first-order chi connectivity index (χ1) is 12.2. The van der Waals surface area contributed by atoms with Gasteiger partial charge in [-0.3, -0.25) is 9.69 Å². The van der Waals surface area contributed by atoms with Gasteiger partial charge in [0.25, 0.3) is 0 Å². The van der Waals surface area contributed by atoms with Gasteiger partial charge < -0.3 is 4.74 Å². The number of anilines is 1. The Hall–Kier alpha value is -1.94. The van der Waals surface area contributed by atoms with Gasteiger partial charge in [-0.15, -0.1) is 11.8 Å². The molecule has 1 saturated heterocycles. The first-order valence-electron chi connectivity index (χ1n) is 8.96. The molecule has 25 heavy (non-hydrogen) atoms. The maximum absolute atomic E-state index is 12.6. The third-order valence-electron chi connectivity index (χ3n) is 5.25. The van der Waals surface area contributed by atoms with Crippen molar-refractivity contribution in [3.63, 3.8) is 0 Å². The highest BCUT2D eigenvalue weighted by Gasteiger charge is 2.48. The number of thioether (sulfide) groups is 1. The number of benzene rings is 2. The van der Waals surface area contributed by atoms with Gasteiger partial charge in [0.2, 0.25) is 5.91 Å². The number of carbonyl (C=O) groups is 1. The Bertz CT molecular complexity index is 736. The van der Waals surface area contributed by atoms with Crippen LogP contribution < -0.4 is 9.64 Å². The van der Waals surface area contributed by atoms with Crippen molar-refractivity contribution >= 4 is 23.4 Å². The quantitative estimate of drug-likeness (QED) is 0.733. The smallest absolute Gasteiger partial charge is 0.238 e. The van der Waals surface area contributed by atoms with Gasteiger partial charge in [0.05, 0.1) is 10.6 Å². The fourth-order valence-electron chi connectivity index (χ4n) is 3.80. The van der Waals surface area contributed by atoms with E-state index in [9.17, 15) is 4.79 Å². The molecular weight excluding hydrogens is 330 g/mol. The maximum Gasteiger partial charge on any atom is 0.238 e. The summed E-state index contributed by atoms with van der Waals surface area (Å²) in [6.45, 7) is 2.31. The lowest BCUT2D eigenvalue weighted by atomic mass is 9.85. The van der Waals surface area contributed by atoms with Crippen molar-refractivity contribution in [1.82, 2.24) is 0 Å². The first kappa shape index (κ1) is 16.5. The van der Waals surface area contributed by atoms with Crippen molar-refractivity contribution in [2.45, 2.75) is 37.5 Å². The molecule has 0 atom stereocenters. The van der Waals surface area contributed by atoms with Crippen LogP contribution in [0.25, 0.3) is 0 Å². The summed E-state index contributed by atoms with van der Waals surface area (Å²) >= 11 is 1.83. The minimum atomic E-state index is -0.0363. The second-order valence-corrected chi connectivity index (χ2v) is 8.39. The molecule has 4 heteroatoms. The van der Waals surface area contributed by atoms with E-state index in [0.717, 1.165) is 35.9 Å². The van der Waals surface area contributed by atoms with Gasteiger partial charge in [-0.1, -0.05) is 25.1 Å². The summed E-state index contributed by atoms with van der Waals surface area (Å²) < 4.78 is 5.87. The number of rotatable bonds is 3. The second-order valence-electron chi connectivity index (χ2n) is 7.06. The van der Waals surface area contributed by atoms with Crippen LogP contribution in [0.1, 0.15) is 32.6 Å². The maximum atomic E-state index is 12.6. The predicted octanol–water partition coefficient (Wildman–Crippen LogP) is 5.47. The molecule has 0 unspecified atom stereocenters. The van der Waals surface area contributed by atoms with Crippen molar-refractivity contribution < 1.29 is 9.53 Å². The summed E-state index contributed by atoms with van der Waals surface area (Å²) in [5.74, 6) is 3.21. The molecule has 0 bridgehead atoms. The third-order valence-corrected chi connectivity index (χ3v) is 6.77. The molecule has 0 radical (unpaired) electrons. The van der Waals surface area contributed by atoms with Crippen LogP contribution in [0.5, 0.6) is 11.5 Å². The highest BCUT2D eigenvalue weighted by atomic mass is 32.2. The molecule has 4 rings (SSSR count). The average Bonchev–Trinajstić information content (AvgIpc) is 2.96. The lowest BCUT2D eigenvalue weighted by Gasteiger charge is -2.42. The summed E-state index contributed by atoms with van der Waals surface area (Å²) in [4.78, 5) is 14.6. The Morgan fingerprint density at radius 3 is 2.32 bits per heavy atom. The summed E-state index contributed by atoms with van der Waals surface area (Å²) in [7, 11) is 0. The van der Waals surface area contributed by atoms with Gasteiger partial charge in [0, 0.05) is 5.69 Å². The lowest BCUT2D eigenvalue weighted by molar-refractivity contribution is -0.116. The molecule has 3 nitrogen and oxygen atoms in total. The van der Waals surface area contributed by atoms with Crippen molar-refractivity contribution in [3.8, 4) is 11.5 Å². The summed E-state index contributed by atoms with van der Waals surface area (Å²) in [5, 5.41) is 0.